The number of rotatable bonds is 7. The van der Waals surface area contributed by atoms with E-state index in [0.29, 0.717) is 28.6 Å². The van der Waals surface area contributed by atoms with E-state index in [1.807, 2.05) is 78.9 Å². The van der Waals surface area contributed by atoms with Crippen LogP contribution in [0.2, 0.25) is 0 Å². The van der Waals surface area contributed by atoms with E-state index < -0.39 is 18.5 Å². The third-order valence-electron chi connectivity index (χ3n) is 5.86. The van der Waals surface area contributed by atoms with Gasteiger partial charge in [-0.1, -0.05) is 66.7 Å². The van der Waals surface area contributed by atoms with Crippen LogP contribution in [0.4, 0.5) is 0 Å². The number of carbonyl (C=O) groups is 2. The molecule has 0 bridgehead atoms. The van der Waals surface area contributed by atoms with E-state index in [1.54, 1.807) is 12.1 Å². The molecule has 0 atom stereocenters. The number of carbonyl (C=O) groups excluding carboxylic acids is 1. The second kappa shape index (κ2) is 8.75. The van der Waals surface area contributed by atoms with E-state index in [0.717, 1.165) is 27.7 Å². The zero-order chi connectivity index (χ0) is 23.7. The number of nitrogens with two attached hydrogens (primary N) is 1. The fourth-order valence-corrected chi connectivity index (χ4v) is 4.41. The monoisotopic (exact) mass is 450 g/mol. The van der Waals surface area contributed by atoms with Crippen molar-refractivity contribution in [3.63, 3.8) is 0 Å². The number of hydrogen-bond acceptors (Lipinski definition) is 3. The standard InChI is InChI=1S/C28H22N2O4/c29-28(33)21-12-7-13-22-26(21)27-23(30(22)16-18-8-3-1-4-9-18)14-20(19-10-5-2-6-11-19)15-24(27)34-17-25(31)32/h1-15H,16-17H2,(H2,29,33)(H,31,32). The number of fused-ring (bicyclic) bond motifs is 3. The molecule has 0 saturated heterocycles. The van der Waals surface area contributed by atoms with Crippen LogP contribution in [-0.4, -0.2) is 28.2 Å². The van der Waals surface area contributed by atoms with Gasteiger partial charge >= 0.3 is 5.97 Å². The van der Waals surface area contributed by atoms with Gasteiger partial charge in [0.1, 0.15) is 5.75 Å². The molecule has 5 rings (SSSR count). The second-order valence-corrected chi connectivity index (χ2v) is 8.05. The third kappa shape index (κ3) is 3.86. The van der Waals surface area contributed by atoms with Gasteiger partial charge in [0, 0.05) is 17.5 Å². The number of hydrogen-bond donors (Lipinski definition) is 2. The first kappa shape index (κ1) is 21.3. The van der Waals surface area contributed by atoms with Crippen molar-refractivity contribution in [1.29, 1.82) is 0 Å². The SMILES string of the molecule is NC(=O)c1cccc2c1c1c(OCC(=O)O)cc(-c3ccccc3)cc1n2Cc1ccccc1. The Balaban J connectivity index is 1.88. The minimum atomic E-state index is -1.08. The molecule has 6 nitrogen and oxygen atoms in total. The summed E-state index contributed by atoms with van der Waals surface area (Å²) in [7, 11) is 0. The van der Waals surface area contributed by atoms with Gasteiger partial charge in [0.2, 0.25) is 5.91 Å². The van der Waals surface area contributed by atoms with Crippen LogP contribution < -0.4 is 10.5 Å². The summed E-state index contributed by atoms with van der Waals surface area (Å²) < 4.78 is 7.90. The van der Waals surface area contributed by atoms with Gasteiger partial charge in [-0.2, -0.15) is 0 Å². The molecular formula is C28H22N2O4. The third-order valence-corrected chi connectivity index (χ3v) is 5.86. The Hall–Kier alpha value is -4.58. The van der Waals surface area contributed by atoms with E-state index >= 15 is 0 Å². The largest absolute Gasteiger partial charge is 0.481 e. The zero-order valence-electron chi connectivity index (χ0n) is 18.3. The van der Waals surface area contributed by atoms with Gasteiger partial charge in [-0.3, -0.25) is 4.79 Å². The highest BCUT2D eigenvalue weighted by Gasteiger charge is 2.21. The molecule has 0 fully saturated rings. The molecule has 0 aliphatic heterocycles. The van der Waals surface area contributed by atoms with E-state index in [2.05, 4.69) is 4.57 Å². The fourth-order valence-electron chi connectivity index (χ4n) is 4.41. The quantitative estimate of drug-likeness (QED) is 0.362. The lowest BCUT2D eigenvalue weighted by Gasteiger charge is -2.12. The van der Waals surface area contributed by atoms with E-state index in [-0.39, 0.29) is 0 Å². The Kier molecular flexibility index (Phi) is 5.47. The molecule has 0 saturated carbocycles. The summed E-state index contributed by atoms with van der Waals surface area (Å²) in [4.78, 5) is 23.7. The minimum absolute atomic E-state index is 0.363. The van der Waals surface area contributed by atoms with Crippen LogP contribution in [0, 0.1) is 0 Å². The van der Waals surface area contributed by atoms with Crippen LogP contribution in [0.5, 0.6) is 5.75 Å². The van der Waals surface area contributed by atoms with E-state index in [1.165, 1.54) is 0 Å². The van der Waals surface area contributed by atoms with Gasteiger partial charge in [-0.15, -0.1) is 0 Å². The normalized spacial score (nSPS) is 11.1. The lowest BCUT2D eigenvalue weighted by Crippen LogP contribution is -2.11. The highest BCUT2D eigenvalue weighted by Crippen LogP contribution is 2.41. The number of carboxylic acids is 1. The summed E-state index contributed by atoms with van der Waals surface area (Å²) in [6.45, 7) is 0.0527. The molecule has 3 N–H and O–H groups in total. The Bertz CT molecular complexity index is 1520. The Labute approximate surface area is 195 Å². The van der Waals surface area contributed by atoms with Crippen LogP contribution in [0.3, 0.4) is 0 Å². The molecule has 1 aromatic heterocycles. The van der Waals surface area contributed by atoms with Gasteiger partial charge in [0.25, 0.3) is 0 Å². The number of ether oxygens (including phenoxy) is 1. The molecule has 0 radical (unpaired) electrons. The number of benzene rings is 4. The molecule has 4 aromatic carbocycles. The van der Waals surface area contributed by atoms with Crippen molar-refractivity contribution in [2.75, 3.05) is 6.61 Å². The number of aliphatic carboxylic acids is 1. The van der Waals surface area contributed by atoms with Crippen molar-refractivity contribution >= 4 is 33.7 Å². The summed E-state index contributed by atoms with van der Waals surface area (Å²) >= 11 is 0. The van der Waals surface area contributed by atoms with Gasteiger partial charge in [0.05, 0.1) is 16.4 Å². The molecule has 1 heterocycles. The smallest absolute Gasteiger partial charge is 0.341 e. The van der Waals surface area contributed by atoms with Crippen LogP contribution in [0.1, 0.15) is 15.9 Å². The molecular weight excluding hydrogens is 428 g/mol. The molecule has 0 unspecified atom stereocenters. The number of amides is 1. The second-order valence-electron chi connectivity index (χ2n) is 8.05. The van der Waals surface area contributed by atoms with Crippen molar-refractivity contribution in [2.45, 2.75) is 6.54 Å². The van der Waals surface area contributed by atoms with E-state index in [4.69, 9.17) is 10.5 Å². The summed E-state index contributed by atoms with van der Waals surface area (Å²) in [5.41, 5.74) is 10.7. The highest BCUT2D eigenvalue weighted by molar-refractivity contribution is 6.20. The van der Waals surface area contributed by atoms with E-state index in [9.17, 15) is 14.7 Å². The first-order chi connectivity index (χ1) is 16.5. The molecule has 0 aliphatic carbocycles. The van der Waals surface area contributed by atoms with Crippen LogP contribution in [0.15, 0.2) is 91.0 Å². The van der Waals surface area contributed by atoms with Gasteiger partial charge in [-0.25, -0.2) is 4.79 Å². The average Bonchev–Trinajstić information content (AvgIpc) is 3.17. The molecule has 6 heteroatoms. The van der Waals surface area contributed by atoms with Gasteiger partial charge in [-0.05, 0) is 41.0 Å². The number of nitrogens with zero attached hydrogens (tertiary/aromatic N) is 1. The van der Waals surface area contributed by atoms with Crippen LogP contribution in [-0.2, 0) is 11.3 Å². The average molecular weight is 450 g/mol. The predicted molar refractivity (Wildman–Crippen MR) is 132 cm³/mol. The maximum absolute atomic E-state index is 12.4. The molecule has 0 spiro atoms. The van der Waals surface area contributed by atoms with Crippen molar-refractivity contribution in [3.8, 4) is 16.9 Å². The van der Waals surface area contributed by atoms with Crippen molar-refractivity contribution in [1.82, 2.24) is 4.57 Å². The Morgan fingerprint density at radius 3 is 2.18 bits per heavy atom. The molecule has 1 amide bonds. The lowest BCUT2D eigenvalue weighted by atomic mass is 10.0. The predicted octanol–water partition coefficient (Wildman–Crippen LogP) is 5.07. The number of carboxylic acid groups (broad SMARTS) is 1. The van der Waals surface area contributed by atoms with Crippen molar-refractivity contribution in [3.05, 3.63) is 102 Å². The maximum atomic E-state index is 12.4. The summed E-state index contributed by atoms with van der Waals surface area (Å²) in [6.07, 6.45) is 0. The maximum Gasteiger partial charge on any atom is 0.341 e. The first-order valence-electron chi connectivity index (χ1n) is 10.9. The lowest BCUT2D eigenvalue weighted by molar-refractivity contribution is -0.139. The van der Waals surface area contributed by atoms with Gasteiger partial charge in [0.15, 0.2) is 6.61 Å². The topological polar surface area (TPSA) is 94.6 Å². The van der Waals surface area contributed by atoms with Crippen LogP contribution in [0.25, 0.3) is 32.9 Å². The minimum Gasteiger partial charge on any atom is -0.481 e. The number of aromatic nitrogens is 1. The molecule has 168 valence electrons. The summed E-state index contributed by atoms with van der Waals surface area (Å²) in [5.74, 6) is -1.24. The van der Waals surface area contributed by atoms with Crippen molar-refractivity contribution in [2.24, 2.45) is 5.73 Å². The Morgan fingerprint density at radius 2 is 1.50 bits per heavy atom. The summed E-state index contributed by atoms with van der Waals surface area (Å²) in [5, 5.41) is 10.6. The Morgan fingerprint density at radius 1 is 0.794 bits per heavy atom. The zero-order valence-corrected chi connectivity index (χ0v) is 18.3. The molecule has 34 heavy (non-hydrogen) atoms. The van der Waals surface area contributed by atoms with Gasteiger partial charge < -0.3 is 20.1 Å². The first-order valence-corrected chi connectivity index (χ1v) is 10.9. The fraction of sp³-hybridized carbons (Fsp3) is 0.0714. The summed E-state index contributed by atoms with van der Waals surface area (Å²) in [6, 6.07) is 29.1. The highest BCUT2D eigenvalue weighted by atomic mass is 16.5. The number of primary amides is 1. The van der Waals surface area contributed by atoms with Crippen molar-refractivity contribution < 1.29 is 19.4 Å². The van der Waals surface area contributed by atoms with Crippen LogP contribution >= 0.6 is 0 Å². The molecule has 0 aliphatic rings. The molecule has 5 aromatic rings.